The van der Waals surface area contributed by atoms with Crippen LogP contribution in [0.5, 0.6) is 0 Å². The number of amides is 1. The van der Waals surface area contributed by atoms with E-state index in [1.807, 2.05) is 0 Å². The van der Waals surface area contributed by atoms with Gasteiger partial charge >= 0.3 is 5.97 Å². The molecule has 0 unspecified atom stereocenters. The third kappa shape index (κ3) is 3.04. The highest BCUT2D eigenvalue weighted by molar-refractivity contribution is 5.84. The van der Waals surface area contributed by atoms with Gasteiger partial charge in [-0.25, -0.2) is 9.48 Å². The van der Waals surface area contributed by atoms with Crippen LogP contribution in [-0.4, -0.2) is 51.1 Å². The molecule has 1 saturated heterocycles. The SMILES string of the molecule is O=C(O)c1cn(CCNC(=O)[C@H]2CCCN2)nn1. The Hall–Kier alpha value is -1.96. The fourth-order valence-electron chi connectivity index (χ4n) is 1.83. The van der Waals surface area contributed by atoms with Crippen LogP contribution in [0.4, 0.5) is 0 Å². The standard InChI is InChI=1S/C10H15N5O3/c16-9(7-2-1-3-11-7)12-4-5-15-6-8(10(17)18)13-14-15/h6-7,11H,1-5H2,(H,12,16)(H,17,18)/t7-/m1/s1. The van der Waals surface area contributed by atoms with Gasteiger partial charge in [0.1, 0.15) is 0 Å². The number of carboxylic acid groups (broad SMARTS) is 1. The first-order valence-corrected chi connectivity index (χ1v) is 5.81. The number of aromatic nitrogens is 3. The zero-order valence-corrected chi connectivity index (χ0v) is 9.80. The zero-order chi connectivity index (χ0) is 13.0. The van der Waals surface area contributed by atoms with E-state index in [9.17, 15) is 9.59 Å². The van der Waals surface area contributed by atoms with Crippen LogP contribution < -0.4 is 10.6 Å². The van der Waals surface area contributed by atoms with Gasteiger partial charge in [0, 0.05) is 6.54 Å². The van der Waals surface area contributed by atoms with Crippen LogP contribution in [0.15, 0.2) is 6.20 Å². The number of carbonyl (C=O) groups excluding carboxylic acids is 1. The molecule has 0 saturated carbocycles. The Morgan fingerprint density at radius 1 is 1.61 bits per heavy atom. The topological polar surface area (TPSA) is 109 Å². The Kier molecular flexibility index (Phi) is 3.88. The molecule has 3 N–H and O–H groups in total. The van der Waals surface area contributed by atoms with E-state index in [1.54, 1.807) is 0 Å². The lowest BCUT2D eigenvalue weighted by Gasteiger charge is -2.10. The summed E-state index contributed by atoms with van der Waals surface area (Å²) in [5.41, 5.74) is -0.0983. The molecule has 0 aromatic carbocycles. The number of hydrogen-bond acceptors (Lipinski definition) is 5. The maximum Gasteiger partial charge on any atom is 0.358 e. The van der Waals surface area contributed by atoms with E-state index < -0.39 is 5.97 Å². The van der Waals surface area contributed by atoms with Crippen LogP contribution in [0.25, 0.3) is 0 Å². The van der Waals surface area contributed by atoms with Gasteiger partial charge in [0.15, 0.2) is 5.69 Å². The fourth-order valence-corrected chi connectivity index (χ4v) is 1.83. The summed E-state index contributed by atoms with van der Waals surface area (Å²) in [7, 11) is 0. The minimum absolute atomic E-state index is 0.0222. The van der Waals surface area contributed by atoms with Crippen LogP contribution in [-0.2, 0) is 11.3 Å². The summed E-state index contributed by atoms with van der Waals surface area (Å²) in [6.07, 6.45) is 3.21. The van der Waals surface area contributed by atoms with Gasteiger partial charge in [-0.15, -0.1) is 5.10 Å². The summed E-state index contributed by atoms with van der Waals surface area (Å²) in [5.74, 6) is -1.13. The largest absolute Gasteiger partial charge is 0.476 e. The Bertz CT molecular complexity index is 438. The molecule has 2 heterocycles. The van der Waals surface area contributed by atoms with Gasteiger partial charge in [0.2, 0.25) is 5.91 Å². The Balaban J connectivity index is 1.74. The first-order valence-electron chi connectivity index (χ1n) is 5.81. The summed E-state index contributed by atoms with van der Waals surface area (Å²) in [4.78, 5) is 22.2. The summed E-state index contributed by atoms with van der Waals surface area (Å²) >= 11 is 0. The smallest absolute Gasteiger partial charge is 0.358 e. The van der Waals surface area contributed by atoms with Crippen LogP contribution in [0.3, 0.4) is 0 Å². The average molecular weight is 253 g/mol. The molecule has 0 spiro atoms. The van der Waals surface area contributed by atoms with Crippen molar-refractivity contribution in [2.45, 2.75) is 25.4 Å². The van der Waals surface area contributed by atoms with Gasteiger partial charge in [0.25, 0.3) is 0 Å². The predicted molar refractivity (Wildman–Crippen MR) is 61.0 cm³/mol. The van der Waals surface area contributed by atoms with Crippen LogP contribution >= 0.6 is 0 Å². The van der Waals surface area contributed by atoms with Gasteiger partial charge in [-0.05, 0) is 19.4 Å². The number of aromatic carboxylic acids is 1. The molecule has 8 nitrogen and oxygen atoms in total. The molecule has 1 aromatic heterocycles. The Labute approximate surface area is 103 Å². The van der Waals surface area contributed by atoms with E-state index in [-0.39, 0.29) is 17.6 Å². The number of nitrogens with one attached hydrogen (secondary N) is 2. The molecule has 1 atom stereocenters. The molecular weight excluding hydrogens is 238 g/mol. The fraction of sp³-hybridized carbons (Fsp3) is 0.600. The lowest BCUT2D eigenvalue weighted by atomic mass is 10.2. The van der Waals surface area contributed by atoms with Crippen molar-refractivity contribution >= 4 is 11.9 Å². The van der Waals surface area contributed by atoms with E-state index in [0.717, 1.165) is 19.4 Å². The summed E-state index contributed by atoms with van der Waals surface area (Å²) in [6.45, 7) is 1.68. The normalized spacial score (nSPS) is 18.8. The van der Waals surface area contributed by atoms with Crippen molar-refractivity contribution in [3.05, 3.63) is 11.9 Å². The quantitative estimate of drug-likeness (QED) is 0.611. The van der Waals surface area contributed by atoms with Gasteiger partial charge in [-0.2, -0.15) is 0 Å². The number of carboxylic acids is 1. The average Bonchev–Trinajstić information content (AvgIpc) is 3.00. The number of rotatable bonds is 5. The van der Waals surface area contributed by atoms with Crippen LogP contribution in [0, 0.1) is 0 Å². The van der Waals surface area contributed by atoms with Crippen molar-refractivity contribution in [1.82, 2.24) is 25.6 Å². The van der Waals surface area contributed by atoms with Gasteiger partial charge in [-0.1, -0.05) is 5.21 Å². The maximum absolute atomic E-state index is 11.6. The third-order valence-corrected chi connectivity index (χ3v) is 2.77. The minimum Gasteiger partial charge on any atom is -0.476 e. The van der Waals surface area contributed by atoms with E-state index in [4.69, 9.17) is 5.11 Å². The monoisotopic (exact) mass is 253 g/mol. The van der Waals surface area contributed by atoms with Crippen molar-refractivity contribution < 1.29 is 14.7 Å². The Morgan fingerprint density at radius 3 is 3.06 bits per heavy atom. The van der Waals surface area contributed by atoms with Crippen molar-refractivity contribution in [2.75, 3.05) is 13.1 Å². The summed E-state index contributed by atoms with van der Waals surface area (Å²) in [6, 6.07) is -0.102. The number of hydrogen-bond donors (Lipinski definition) is 3. The van der Waals surface area contributed by atoms with E-state index in [1.165, 1.54) is 10.9 Å². The van der Waals surface area contributed by atoms with Crippen LogP contribution in [0.2, 0.25) is 0 Å². The third-order valence-electron chi connectivity index (χ3n) is 2.77. The van der Waals surface area contributed by atoms with Gasteiger partial charge in [-0.3, -0.25) is 4.79 Å². The molecule has 0 aliphatic carbocycles. The minimum atomic E-state index is -1.11. The molecule has 2 rings (SSSR count). The molecule has 1 aromatic rings. The second kappa shape index (κ2) is 5.58. The van der Waals surface area contributed by atoms with Crippen molar-refractivity contribution in [3.63, 3.8) is 0 Å². The Morgan fingerprint density at radius 2 is 2.44 bits per heavy atom. The molecule has 1 amide bonds. The lowest BCUT2D eigenvalue weighted by molar-refractivity contribution is -0.122. The summed E-state index contributed by atoms with van der Waals surface area (Å²) < 4.78 is 1.39. The highest BCUT2D eigenvalue weighted by Gasteiger charge is 2.21. The van der Waals surface area contributed by atoms with Gasteiger partial charge in [0.05, 0.1) is 18.8 Å². The molecular formula is C10H15N5O3. The first kappa shape index (κ1) is 12.5. The second-order valence-corrected chi connectivity index (χ2v) is 4.11. The van der Waals surface area contributed by atoms with E-state index in [0.29, 0.717) is 13.1 Å². The van der Waals surface area contributed by atoms with E-state index in [2.05, 4.69) is 20.9 Å². The van der Waals surface area contributed by atoms with Gasteiger partial charge < -0.3 is 15.7 Å². The molecule has 0 bridgehead atoms. The number of nitrogens with zero attached hydrogens (tertiary/aromatic N) is 3. The highest BCUT2D eigenvalue weighted by atomic mass is 16.4. The molecule has 1 aliphatic rings. The zero-order valence-electron chi connectivity index (χ0n) is 9.80. The molecule has 1 fully saturated rings. The van der Waals surface area contributed by atoms with E-state index >= 15 is 0 Å². The molecule has 1 aliphatic heterocycles. The number of carbonyl (C=O) groups is 2. The molecule has 8 heteroatoms. The van der Waals surface area contributed by atoms with Crippen molar-refractivity contribution in [1.29, 1.82) is 0 Å². The summed E-state index contributed by atoms with van der Waals surface area (Å²) in [5, 5.41) is 21.7. The first-order chi connectivity index (χ1) is 8.66. The molecule has 98 valence electrons. The van der Waals surface area contributed by atoms with Crippen LogP contribution in [0.1, 0.15) is 23.3 Å². The highest BCUT2D eigenvalue weighted by Crippen LogP contribution is 2.04. The van der Waals surface area contributed by atoms with Crippen molar-refractivity contribution in [3.8, 4) is 0 Å². The molecule has 0 radical (unpaired) electrons. The molecule has 18 heavy (non-hydrogen) atoms. The maximum atomic E-state index is 11.6. The van der Waals surface area contributed by atoms with Crippen molar-refractivity contribution in [2.24, 2.45) is 0 Å². The predicted octanol–water partition coefficient (Wildman–Crippen LogP) is -1.16. The lowest BCUT2D eigenvalue weighted by Crippen LogP contribution is -2.41. The second-order valence-electron chi connectivity index (χ2n) is 4.11.